The molecule has 0 saturated carbocycles. The largest absolute Gasteiger partial charge is 0.478 e. The first-order valence-corrected chi connectivity index (χ1v) is 12.8. The fourth-order valence-corrected chi connectivity index (χ4v) is 4.83. The average molecular weight is 532 g/mol. The molecular formula is C27H31ClFN3O3S. The molecule has 36 heavy (non-hydrogen) atoms. The number of aryl methyl sites for hydroxylation is 1. The van der Waals surface area contributed by atoms with E-state index in [0.717, 1.165) is 6.42 Å². The Morgan fingerprint density at radius 1 is 1.22 bits per heavy atom. The van der Waals surface area contributed by atoms with Crippen molar-refractivity contribution < 1.29 is 19.1 Å². The SMILES string of the molecule is CCCc1nc(Cl)c(CNC(=O)C(S)CC(C)C)n1Cc1ccc(-c2ccccc2C(=O)O)cc1F. The Hall–Kier alpha value is -2.84. The number of thiol groups is 1. The number of amides is 1. The molecule has 1 amide bonds. The zero-order valence-electron chi connectivity index (χ0n) is 20.6. The maximum Gasteiger partial charge on any atom is 0.336 e. The van der Waals surface area contributed by atoms with E-state index in [4.69, 9.17) is 11.6 Å². The zero-order valence-corrected chi connectivity index (χ0v) is 22.2. The van der Waals surface area contributed by atoms with Gasteiger partial charge in [-0.3, -0.25) is 4.79 Å². The van der Waals surface area contributed by atoms with E-state index in [2.05, 4.69) is 22.9 Å². The lowest BCUT2D eigenvalue weighted by atomic mass is 9.98. The second kappa shape index (κ2) is 12.4. The number of rotatable bonds is 11. The Morgan fingerprint density at radius 3 is 2.58 bits per heavy atom. The minimum absolute atomic E-state index is 0.106. The first-order chi connectivity index (χ1) is 17.1. The van der Waals surface area contributed by atoms with Crippen molar-refractivity contribution >= 4 is 36.1 Å². The highest BCUT2D eigenvalue weighted by Crippen LogP contribution is 2.27. The topological polar surface area (TPSA) is 84.2 Å². The molecular weight excluding hydrogens is 501 g/mol. The van der Waals surface area contributed by atoms with Gasteiger partial charge in [-0.05, 0) is 42.0 Å². The van der Waals surface area contributed by atoms with E-state index >= 15 is 4.39 Å². The standard InChI is InChI=1S/C27H31ClFN3O3S/c1-4-7-24-31-25(28)22(14-30-26(33)23(36)12-16(2)3)32(24)15-18-11-10-17(13-21(18)29)19-8-5-6-9-20(19)27(34)35/h5-6,8-11,13,16,23,36H,4,7,12,14-15H2,1-3H3,(H,30,33)(H,34,35). The number of nitrogens with one attached hydrogen (secondary N) is 1. The summed E-state index contributed by atoms with van der Waals surface area (Å²) in [7, 11) is 0. The van der Waals surface area contributed by atoms with Gasteiger partial charge in [0.15, 0.2) is 5.15 Å². The van der Waals surface area contributed by atoms with Crippen LogP contribution in [-0.2, 0) is 24.3 Å². The van der Waals surface area contributed by atoms with Crippen LogP contribution in [0.4, 0.5) is 4.39 Å². The smallest absolute Gasteiger partial charge is 0.336 e. The van der Waals surface area contributed by atoms with Crippen molar-refractivity contribution in [2.75, 3.05) is 0 Å². The number of carboxylic acid groups (broad SMARTS) is 1. The van der Waals surface area contributed by atoms with E-state index in [9.17, 15) is 14.7 Å². The number of carbonyl (C=O) groups excluding carboxylic acids is 1. The van der Waals surface area contributed by atoms with Gasteiger partial charge in [0, 0.05) is 12.0 Å². The number of nitrogens with zero attached hydrogens (tertiary/aromatic N) is 2. The Kier molecular flexibility index (Phi) is 9.56. The molecule has 0 aliphatic carbocycles. The quantitative estimate of drug-likeness (QED) is 0.265. The Bertz CT molecular complexity index is 1240. The van der Waals surface area contributed by atoms with Crippen molar-refractivity contribution in [1.82, 2.24) is 14.9 Å². The van der Waals surface area contributed by atoms with E-state index in [1.165, 1.54) is 12.1 Å². The van der Waals surface area contributed by atoms with Crippen LogP contribution in [-0.4, -0.2) is 31.8 Å². The van der Waals surface area contributed by atoms with Crippen LogP contribution in [0.5, 0.6) is 0 Å². The van der Waals surface area contributed by atoms with Crippen molar-refractivity contribution in [1.29, 1.82) is 0 Å². The maximum absolute atomic E-state index is 15.3. The number of aromatic carboxylic acids is 1. The summed E-state index contributed by atoms with van der Waals surface area (Å²) in [5.41, 5.74) is 2.02. The fourth-order valence-electron chi connectivity index (χ4n) is 4.05. The highest BCUT2D eigenvalue weighted by atomic mass is 35.5. The molecule has 0 saturated heterocycles. The molecule has 9 heteroatoms. The summed E-state index contributed by atoms with van der Waals surface area (Å²) >= 11 is 10.8. The molecule has 0 aliphatic heterocycles. The Morgan fingerprint density at radius 2 is 1.94 bits per heavy atom. The molecule has 0 radical (unpaired) electrons. The molecule has 1 atom stereocenters. The average Bonchev–Trinajstić information content (AvgIpc) is 3.12. The van der Waals surface area contributed by atoms with E-state index in [-0.39, 0.29) is 29.7 Å². The lowest BCUT2D eigenvalue weighted by Crippen LogP contribution is -2.32. The van der Waals surface area contributed by atoms with Gasteiger partial charge in [0.1, 0.15) is 11.6 Å². The van der Waals surface area contributed by atoms with Crippen molar-refractivity contribution in [3.8, 4) is 11.1 Å². The molecule has 0 spiro atoms. The lowest BCUT2D eigenvalue weighted by molar-refractivity contribution is -0.121. The molecule has 192 valence electrons. The van der Waals surface area contributed by atoms with Crippen molar-refractivity contribution in [3.63, 3.8) is 0 Å². The number of hydrogen-bond donors (Lipinski definition) is 3. The maximum atomic E-state index is 15.3. The minimum Gasteiger partial charge on any atom is -0.478 e. The second-order valence-corrected chi connectivity index (χ2v) is 10.1. The van der Waals surface area contributed by atoms with Crippen LogP contribution in [0.1, 0.15) is 61.1 Å². The number of imidazole rings is 1. The van der Waals surface area contributed by atoms with Gasteiger partial charge >= 0.3 is 5.97 Å². The molecule has 2 N–H and O–H groups in total. The van der Waals surface area contributed by atoms with Gasteiger partial charge in [0.25, 0.3) is 0 Å². The summed E-state index contributed by atoms with van der Waals surface area (Å²) < 4.78 is 17.1. The molecule has 3 aromatic rings. The highest BCUT2D eigenvalue weighted by Gasteiger charge is 2.21. The zero-order chi connectivity index (χ0) is 26.4. The van der Waals surface area contributed by atoms with Crippen LogP contribution in [0.25, 0.3) is 11.1 Å². The summed E-state index contributed by atoms with van der Waals surface area (Å²) in [6, 6.07) is 11.2. The second-order valence-electron chi connectivity index (χ2n) is 9.12. The number of halogens is 2. The first kappa shape index (κ1) is 27.7. The van der Waals surface area contributed by atoms with Gasteiger partial charge in [0.2, 0.25) is 5.91 Å². The van der Waals surface area contributed by atoms with Crippen LogP contribution in [0, 0.1) is 11.7 Å². The third kappa shape index (κ3) is 6.68. The van der Waals surface area contributed by atoms with Crippen molar-refractivity contribution in [2.45, 2.75) is 58.4 Å². The summed E-state index contributed by atoms with van der Waals surface area (Å²) in [6.45, 7) is 6.39. The minimum atomic E-state index is -1.07. The number of benzene rings is 2. The van der Waals surface area contributed by atoms with Crippen LogP contribution < -0.4 is 5.32 Å². The van der Waals surface area contributed by atoms with E-state index in [0.29, 0.717) is 47.0 Å². The van der Waals surface area contributed by atoms with Gasteiger partial charge in [-0.25, -0.2) is 14.2 Å². The van der Waals surface area contributed by atoms with E-state index < -0.39 is 17.0 Å². The Labute approximate surface area is 221 Å². The van der Waals surface area contributed by atoms with Crippen LogP contribution in [0.2, 0.25) is 5.15 Å². The predicted octanol–water partition coefficient (Wildman–Crippen LogP) is 6.00. The van der Waals surface area contributed by atoms with Crippen LogP contribution in [0.15, 0.2) is 42.5 Å². The third-order valence-corrected chi connectivity index (χ3v) is 6.60. The van der Waals surface area contributed by atoms with E-state index in [1.54, 1.807) is 30.3 Å². The van der Waals surface area contributed by atoms with Gasteiger partial charge in [-0.15, -0.1) is 0 Å². The predicted molar refractivity (Wildman–Crippen MR) is 143 cm³/mol. The molecule has 1 unspecified atom stereocenters. The third-order valence-electron chi connectivity index (χ3n) is 5.85. The summed E-state index contributed by atoms with van der Waals surface area (Å²) in [5.74, 6) is -0.702. The molecule has 0 bridgehead atoms. The monoisotopic (exact) mass is 531 g/mol. The number of aromatic nitrogens is 2. The van der Waals surface area contributed by atoms with Crippen molar-refractivity contribution in [2.24, 2.45) is 5.92 Å². The van der Waals surface area contributed by atoms with Gasteiger partial charge in [-0.1, -0.05) is 62.7 Å². The Balaban J connectivity index is 1.89. The summed E-state index contributed by atoms with van der Waals surface area (Å²) in [4.78, 5) is 28.5. The molecule has 0 aliphatic rings. The summed E-state index contributed by atoms with van der Waals surface area (Å²) in [6.07, 6.45) is 2.10. The lowest BCUT2D eigenvalue weighted by Gasteiger charge is -2.16. The van der Waals surface area contributed by atoms with Crippen LogP contribution >= 0.6 is 24.2 Å². The first-order valence-electron chi connectivity index (χ1n) is 11.9. The highest BCUT2D eigenvalue weighted by molar-refractivity contribution is 7.81. The molecule has 2 aromatic carbocycles. The summed E-state index contributed by atoms with van der Waals surface area (Å²) in [5, 5.41) is 12.2. The van der Waals surface area contributed by atoms with Gasteiger partial charge in [-0.2, -0.15) is 12.6 Å². The number of hydrogen-bond acceptors (Lipinski definition) is 4. The normalized spacial score (nSPS) is 12.1. The molecule has 3 rings (SSSR count). The van der Waals surface area contributed by atoms with Crippen LogP contribution in [0.3, 0.4) is 0 Å². The fraction of sp³-hybridized carbons (Fsp3) is 0.370. The molecule has 0 fully saturated rings. The molecule has 1 aromatic heterocycles. The number of carboxylic acids is 1. The van der Waals surface area contributed by atoms with Gasteiger partial charge < -0.3 is 15.0 Å². The van der Waals surface area contributed by atoms with Crippen molar-refractivity contribution in [3.05, 3.63) is 76.1 Å². The van der Waals surface area contributed by atoms with E-state index in [1.807, 2.05) is 25.3 Å². The molecule has 6 nitrogen and oxygen atoms in total. The molecule has 1 heterocycles. The van der Waals surface area contributed by atoms with Gasteiger partial charge in [0.05, 0.1) is 29.6 Å². The number of carbonyl (C=O) groups is 2.